The number of rotatable bonds is 2. The van der Waals surface area contributed by atoms with E-state index in [2.05, 4.69) is 28.0 Å². The van der Waals surface area contributed by atoms with Crippen LogP contribution >= 0.6 is 11.5 Å². The van der Waals surface area contributed by atoms with Gasteiger partial charge < -0.3 is 4.90 Å². The molecule has 2 aliphatic rings. The summed E-state index contributed by atoms with van der Waals surface area (Å²) in [5.41, 5.74) is 0. The minimum atomic E-state index is 0.188. The first-order chi connectivity index (χ1) is 8.66. The molecule has 2 fully saturated rings. The van der Waals surface area contributed by atoms with Gasteiger partial charge in [-0.25, -0.2) is 4.37 Å². The third kappa shape index (κ3) is 1.95. The maximum absolute atomic E-state index is 12.5. The van der Waals surface area contributed by atoms with Crippen LogP contribution in [-0.4, -0.2) is 51.3 Å². The fraction of sp³-hybridized carbons (Fsp3) is 0.692. The van der Waals surface area contributed by atoms with Crippen molar-refractivity contribution in [1.82, 2.24) is 14.2 Å². The number of likely N-dealkylation sites (tertiary alicyclic amines) is 1. The van der Waals surface area contributed by atoms with Crippen molar-refractivity contribution in [1.29, 1.82) is 0 Å². The summed E-state index contributed by atoms with van der Waals surface area (Å²) in [4.78, 5) is 17.9. The van der Waals surface area contributed by atoms with Gasteiger partial charge in [-0.1, -0.05) is 0 Å². The van der Waals surface area contributed by atoms with Gasteiger partial charge in [-0.2, -0.15) is 0 Å². The lowest BCUT2D eigenvalue weighted by molar-refractivity contribution is 0.0354. The van der Waals surface area contributed by atoms with E-state index in [0.717, 1.165) is 30.8 Å². The Kier molecular flexibility index (Phi) is 3.11. The first-order valence-corrected chi connectivity index (χ1v) is 7.41. The lowest BCUT2D eigenvalue weighted by atomic mass is 10.1. The van der Waals surface area contributed by atoms with Crippen LogP contribution in [0.15, 0.2) is 12.3 Å². The number of amides is 1. The lowest BCUT2D eigenvalue weighted by Gasteiger charge is -2.42. The van der Waals surface area contributed by atoms with Crippen LogP contribution < -0.4 is 0 Å². The Morgan fingerprint density at radius 1 is 1.39 bits per heavy atom. The van der Waals surface area contributed by atoms with Gasteiger partial charge in [-0.3, -0.25) is 9.69 Å². The molecule has 4 nitrogen and oxygen atoms in total. The molecule has 5 heteroatoms. The van der Waals surface area contributed by atoms with E-state index in [1.807, 2.05) is 6.07 Å². The molecule has 0 radical (unpaired) electrons. The molecule has 3 rings (SSSR count). The molecule has 3 heterocycles. The molecule has 0 aromatic carbocycles. The van der Waals surface area contributed by atoms with Gasteiger partial charge in [-0.15, -0.1) is 0 Å². The summed E-state index contributed by atoms with van der Waals surface area (Å²) in [6.07, 6.45) is 4.01. The van der Waals surface area contributed by atoms with Crippen LogP contribution in [0.3, 0.4) is 0 Å². The largest absolute Gasteiger partial charge is 0.329 e. The standard InChI is InChI=1S/C13H19N3OS/c1-9(2)15-7-10-3-4-11(8-15)16(10)13(17)12-5-6-14-18-12/h5-6,9-11H,3-4,7-8H2,1-2H3. The monoisotopic (exact) mass is 265 g/mol. The maximum atomic E-state index is 12.5. The van der Waals surface area contributed by atoms with E-state index in [-0.39, 0.29) is 5.91 Å². The van der Waals surface area contributed by atoms with Gasteiger partial charge in [0, 0.05) is 37.4 Å². The summed E-state index contributed by atoms with van der Waals surface area (Å²) in [7, 11) is 0. The van der Waals surface area contributed by atoms with Crippen molar-refractivity contribution in [3.63, 3.8) is 0 Å². The Bertz CT molecular complexity index is 417. The molecule has 1 aromatic rings. The molecule has 0 saturated carbocycles. The van der Waals surface area contributed by atoms with Gasteiger partial charge in [0.05, 0.1) is 0 Å². The van der Waals surface area contributed by atoms with Crippen LogP contribution in [0.4, 0.5) is 0 Å². The number of carbonyl (C=O) groups excluding carboxylic acids is 1. The Labute approximate surface area is 112 Å². The van der Waals surface area contributed by atoms with Crippen molar-refractivity contribution in [2.45, 2.75) is 44.8 Å². The van der Waals surface area contributed by atoms with Gasteiger partial charge in [0.2, 0.25) is 0 Å². The van der Waals surface area contributed by atoms with Crippen LogP contribution in [0, 0.1) is 0 Å². The minimum Gasteiger partial charge on any atom is -0.329 e. The number of carbonyl (C=O) groups is 1. The zero-order chi connectivity index (χ0) is 12.7. The average molecular weight is 265 g/mol. The molecule has 2 saturated heterocycles. The van der Waals surface area contributed by atoms with Crippen molar-refractivity contribution in [3.05, 3.63) is 17.1 Å². The summed E-state index contributed by atoms with van der Waals surface area (Å²) in [6, 6.07) is 3.22. The SMILES string of the molecule is CC(C)N1CC2CCC(C1)N2C(=O)c1ccns1. The zero-order valence-electron chi connectivity index (χ0n) is 10.9. The molecule has 2 aliphatic heterocycles. The van der Waals surface area contributed by atoms with Gasteiger partial charge in [0.1, 0.15) is 4.88 Å². The van der Waals surface area contributed by atoms with Crippen LogP contribution in [0.1, 0.15) is 36.4 Å². The highest BCUT2D eigenvalue weighted by Crippen LogP contribution is 2.32. The molecular weight excluding hydrogens is 246 g/mol. The van der Waals surface area contributed by atoms with E-state index in [1.54, 1.807) is 6.20 Å². The number of nitrogens with zero attached hydrogens (tertiary/aromatic N) is 3. The van der Waals surface area contributed by atoms with Crippen LogP contribution in [-0.2, 0) is 0 Å². The summed E-state index contributed by atoms with van der Waals surface area (Å²) < 4.78 is 4.04. The molecule has 1 aromatic heterocycles. The van der Waals surface area contributed by atoms with Crippen LogP contribution in [0.5, 0.6) is 0 Å². The quantitative estimate of drug-likeness (QED) is 0.818. The maximum Gasteiger partial charge on any atom is 0.266 e. The Morgan fingerprint density at radius 3 is 2.56 bits per heavy atom. The number of fused-ring (bicyclic) bond motifs is 2. The highest BCUT2D eigenvalue weighted by Gasteiger charge is 2.43. The highest BCUT2D eigenvalue weighted by atomic mass is 32.1. The zero-order valence-corrected chi connectivity index (χ0v) is 11.7. The summed E-state index contributed by atoms with van der Waals surface area (Å²) >= 11 is 1.31. The Balaban J connectivity index is 1.78. The van der Waals surface area contributed by atoms with Crippen molar-refractivity contribution in [2.75, 3.05) is 13.1 Å². The summed E-state index contributed by atoms with van der Waals surface area (Å²) in [6.45, 7) is 6.53. The van der Waals surface area contributed by atoms with Crippen molar-refractivity contribution in [2.24, 2.45) is 0 Å². The fourth-order valence-corrected chi connectivity index (χ4v) is 3.68. The van der Waals surface area contributed by atoms with Crippen molar-refractivity contribution in [3.8, 4) is 0 Å². The van der Waals surface area contributed by atoms with Gasteiger partial charge in [0.25, 0.3) is 5.91 Å². The van der Waals surface area contributed by atoms with Crippen molar-refractivity contribution < 1.29 is 4.79 Å². The number of hydrogen-bond acceptors (Lipinski definition) is 4. The normalized spacial score (nSPS) is 28.1. The fourth-order valence-electron chi connectivity index (χ4n) is 3.14. The number of piperazine rings is 1. The summed E-state index contributed by atoms with van der Waals surface area (Å²) in [5, 5.41) is 0. The molecule has 2 bridgehead atoms. The van der Waals surface area contributed by atoms with Gasteiger partial charge >= 0.3 is 0 Å². The third-order valence-electron chi connectivity index (χ3n) is 4.12. The van der Waals surface area contributed by atoms with E-state index in [0.29, 0.717) is 18.1 Å². The molecule has 98 valence electrons. The lowest BCUT2D eigenvalue weighted by Crippen LogP contribution is -2.57. The molecule has 18 heavy (non-hydrogen) atoms. The van der Waals surface area contributed by atoms with E-state index >= 15 is 0 Å². The van der Waals surface area contributed by atoms with E-state index in [1.165, 1.54) is 11.5 Å². The molecule has 1 amide bonds. The first kappa shape index (κ1) is 12.1. The third-order valence-corrected chi connectivity index (χ3v) is 4.86. The van der Waals surface area contributed by atoms with E-state index in [9.17, 15) is 4.79 Å². The second-order valence-electron chi connectivity index (χ2n) is 5.52. The van der Waals surface area contributed by atoms with Crippen molar-refractivity contribution >= 4 is 17.4 Å². The van der Waals surface area contributed by atoms with Crippen LogP contribution in [0.25, 0.3) is 0 Å². The van der Waals surface area contributed by atoms with Gasteiger partial charge in [-0.05, 0) is 44.3 Å². The predicted molar refractivity (Wildman–Crippen MR) is 71.8 cm³/mol. The van der Waals surface area contributed by atoms with E-state index < -0.39 is 0 Å². The predicted octanol–water partition coefficient (Wildman–Crippen LogP) is 1.84. The molecule has 0 spiro atoms. The molecule has 0 aliphatic carbocycles. The second-order valence-corrected chi connectivity index (χ2v) is 6.35. The molecule has 2 atom stereocenters. The number of hydrogen-bond donors (Lipinski definition) is 0. The highest BCUT2D eigenvalue weighted by molar-refractivity contribution is 7.08. The number of aromatic nitrogens is 1. The molecule has 0 N–H and O–H groups in total. The Hall–Kier alpha value is -0.940. The van der Waals surface area contributed by atoms with Crippen LogP contribution in [0.2, 0.25) is 0 Å². The smallest absolute Gasteiger partial charge is 0.266 e. The van der Waals surface area contributed by atoms with E-state index in [4.69, 9.17) is 0 Å². The Morgan fingerprint density at radius 2 is 2.06 bits per heavy atom. The molecule has 2 unspecified atom stereocenters. The average Bonchev–Trinajstić information content (AvgIpc) is 2.95. The topological polar surface area (TPSA) is 36.4 Å². The molecular formula is C13H19N3OS. The second kappa shape index (κ2) is 4.63. The first-order valence-electron chi connectivity index (χ1n) is 6.64. The van der Waals surface area contributed by atoms with Gasteiger partial charge in [0.15, 0.2) is 0 Å². The minimum absolute atomic E-state index is 0.188. The summed E-state index contributed by atoms with van der Waals surface area (Å²) in [5.74, 6) is 0.188.